The highest BCUT2D eigenvalue weighted by Crippen LogP contribution is 2.61. The van der Waals surface area contributed by atoms with Crippen LogP contribution in [0.5, 0.6) is 0 Å². The van der Waals surface area contributed by atoms with Gasteiger partial charge in [-0.25, -0.2) is 0 Å². The summed E-state index contributed by atoms with van der Waals surface area (Å²) in [6, 6.07) is 0. The summed E-state index contributed by atoms with van der Waals surface area (Å²) >= 11 is 23.0. The minimum absolute atomic E-state index is 0.673. The van der Waals surface area contributed by atoms with E-state index in [0.29, 0.717) is 0 Å². The topological polar surface area (TPSA) is 17.1 Å². The summed E-state index contributed by atoms with van der Waals surface area (Å²) in [5, 5.41) is 0. The lowest BCUT2D eigenvalue weighted by atomic mass is 10.4. The van der Waals surface area contributed by atoms with E-state index in [1.165, 1.54) is 0 Å². The highest BCUT2D eigenvalue weighted by Gasteiger charge is 2.56. The number of carbonyl (C=O) groups excluding carboxylic acids is 1. The van der Waals surface area contributed by atoms with Gasteiger partial charge in [-0.1, -0.05) is 112 Å². The van der Waals surface area contributed by atoms with Crippen molar-refractivity contribution in [3.63, 3.8) is 0 Å². The van der Waals surface area contributed by atoms with Gasteiger partial charge in [0, 0.05) is 0 Å². The third-order valence-electron chi connectivity index (χ3n) is 0.923. The van der Waals surface area contributed by atoms with Gasteiger partial charge in [-0.2, -0.15) is 0 Å². The van der Waals surface area contributed by atoms with Gasteiger partial charge in [-0.3, -0.25) is 0 Å². The van der Waals surface area contributed by atoms with Crippen LogP contribution in [-0.2, 0) is 4.79 Å². The summed E-state index contributed by atoms with van der Waals surface area (Å²) in [6.45, 7) is 0. The first-order valence-electron chi connectivity index (χ1n) is 2.35. The second kappa shape index (κ2) is 4.91. The predicted molar refractivity (Wildman–Crippen MR) is 76.7 cm³/mol. The standard InChI is InChI=1S/C4HBr7O/c5-2(6,1-12)3(7,8)4(9,10)11/h1H. The van der Waals surface area contributed by atoms with Crippen molar-refractivity contribution in [2.45, 2.75) is 8.61 Å². The monoisotopic (exact) mass is 617 g/mol. The molecule has 0 amide bonds. The quantitative estimate of drug-likeness (QED) is 0.313. The number of hydrogen-bond acceptors (Lipinski definition) is 1. The molecule has 0 heterocycles. The molecule has 0 N–H and O–H groups in total. The third-order valence-corrected chi connectivity index (χ3v) is 12.0. The van der Waals surface area contributed by atoms with Gasteiger partial charge in [0.15, 0.2) is 5.38 Å². The molecule has 0 spiro atoms. The Labute approximate surface area is 129 Å². The van der Waals surface area contributed by atoms with Crippen LogP contribution in [0.3, 0.4) is 0 Å². The summed E-state index contributed by atoms with van der Waals surface area (Å²) in [5.41, 5.74) is 0. The fourth-order valence-electron chi connectivity index (χ4n) is 0.263. The number of alkyl halides is 7. The molecule has 0 rings (SSSR count). The summed E-state index contributed by atoms with van der Waals surface area (Å²) in [4.78, 5) is 10.7. The molecule has 8 heteroatoms. The van der Waals surface area contributed by atoms with Crippen molar-refractivity contribution in [3.05, 3.63) is 0 Å². The van der Waals surface area contributed by atoms with E-state index in [9.17, 15) is 4.79 Å². The van der Waals surface area contributed by atoms with Crippen molar-refractivity contribution in [2.75, 3.05) is 0 Å². The van der Waals surface area contributed by atoms with Crippen LogP contribution < -0.4 is 0 Å². The molecule has 0 aromatic carbocycles. The maximum absolute atomic E-state index is 10.7. The Morgan fingerprint density at radius 1 is 0.833 bits per heavy atom. The molecule has 0 aliphatic carbocycles. The average molecular weight is 624 g/mol. The normalized spacial score (nSPS) is 14.6. The molecule has 0 unspecified atom stereocenters. The molecular weight excluding hydrogens is 623 g/mol. The van der Waals surface area contributed by atoms with Crippen LogP contribution in [0.2, 0.25) is 0 Å². The molecule has 0 aromatic rings. The zero-order valence-electron chi connectivity index (χ0n) is 5.13. The predicted octanol–water partition coefficient (Wildman–Crippen LogP) is 5.00. The third kappa shape index (κ3) is 3.27. The number of rotatable bonds is 2. The molecule has 0 radical (unpaired) electrons. The lowest BCUT2D eigenvalue weighted by molar-refractivity contribution is -0.107. The first-order valence-corrected chi connectivity index (χ1v) is 7.90. The van der Waals surface area contributed by atoms with Crippen molar-refractivity contribution in [3.8, 4) is 0 Å². The molecule has 0 aliphatic rings. The van der Waals surface area contributed by atoms with Crippen molar-refractivity contribution in [1.29, 1.82) is 0 Å². The molecular formula is C4HBr7O. The van der Waals surface area contributed by atoms with Crippen LogP contribution in [0.4, 0.5) is 0 Å². The molecule has 1 nitrogen and oxygen atoms in total. The first-order chi connectivity index (χ1) is 5.06. The van der Waals surface area contributed by atoms with E-state index in [1.54, 1.807) is 0 Å². The maximum atomic E-state index is 10.7. The molecule has 0 saturated carbocycles. The molecule has 0 fully saturated rings. The van der Waals surface area contributed by atoms with Crippen LogP contribution in [-0.4, -0.2) is 14.9 Å². The minimum Gasteiger partial charge on any atom is -0.301 e. The Bertz CT molecular complexity index is 180. The van der Waals surface area contributed by atoms with E-state index in [1.807, 2.05) is 0 Å². The van der Waals surface area contributed by atoms with Gasteiger partial charge < -0.3 is 4.79 Å². The highest BCUT2D eigenvalue weighted by molar-refractivity contribution is 9.42. The Kier molecular flexibility index (Phi) is 6.15. The van der Waals surface area contributed by atoms with E-state index >= 15 is 0 Å². The van der Waals surface area contributed by atoms with Crippen molar-refractivity contribution in [1.82, 2.24) is 0 Å². The Morgan fingerprint density at radius 3 is 1.25 bits per heavy atom. The average Bonchev–Trinajstić information content (AvgIpc) is 1.85. The molecule has 12 heavy (non-hydrogen) atoms. The molecule has 0 atom stereocenters. The van der Waals surface area contributed by atoms with E-state index < -0.39 is 8.61 Å². The molecule has 0 aliphatic heterocycles. The van der Waals surface area contributed by atoms with Crippen LogP contribution >= 0.6 is 112 Å². The van der Waals surface area contributed by atoms with Crippen LogP contribution in [0.25, 0.3) is 0 Å². The molecule has 0 saturated heterocycles. The number of carbonyl (C=O) groups is 1. The second-order valence-electron chi connectivity index (χ2n) is 1.81. The summed E-state index contributed by atoms with van der Waals surface area (Å²) < 4.78 is -2.39. The lowest BCUT2D eigenvalue weighted by Gasteiger charge is -2.36. The van der Waals surface area contributed by atoms with E-state index in [2.05, 4.69) is 112 Å². The number of aldehydes is 1. The number of hydrogen-bond donors (Lipinski definition) is 0. The summed E-state index contributed by atoms with van der Waals surface area (Å²) in [5.74, 6) is 0. The molecule has 72 valence electrons. The number of halogens is 7. The van der Waals surface area contributed by atoms with Gasteiger partial charge in [0.2, 0.25) is 0 Å². The van der Waals surface area contributed by atoms with Gasteiger partial charge in [0.05, 0.1) is 0 Å². The Hall–Kier alpha value is 3.03. The van der Waals surface area contributed by atoms with Crippen molar-refractivity contribution < 1.29 is 4.79 Å². The van der Waals surface area contributed by atoms with E-state index in [-0.39, 0.29) is 0 Å². The fourth-order valence-corrected chi connectivity index (χ4v) is 3.58. The van der Waals surface area contributed by atoms with Crippen molar-refractivity contribution in [2.24, 2.45) is 0 Å². The van der Waals surface area contributed by atoms with Crippen molar-refractivity contribution >= 4 is 118 Å². The van der Waals surface area contributed by atoms with Gasteiger partial charge in [0.1, 0.15) is 9.52 Å². The zero-order valence-corrected chi connectivity index (χ0v) is 16.2. The fraction of sp³-hybridized carbons (Fsp3) is 0.750. The molecule has 0 bridgehead atoms. The lowest BCUT2D eigenvalue weighted by Crippen LogP contribution is -2.45. The largest absolute Gasteiger partial charge is 0.301 e. The Morgan fingerprint density at radius 2 is 1.17 bits per heavy atom. The van der Waals surface area contributed by atoms with Gasteiger partial charge in [-0.15, -0.1) is 0 Å². The zero-order chi connectivity index (χ0) is 10.2. The highest BCUT2D eigenvalue weighted by atomic mass is 80.0. The van der Waals surface area contributed by atoms with Crippen LogP contribution in [0, 0.1) is 0 Å². The smallest absolute Gasteiger partial charge is 0.163 e. The van der Waals surface area contributed by atoms with Gasteiger partial charge >= 0.3 is 0 Å². The second-order valence-corrected chi connectivity index (χ2v) is 15.6. The summed E-state index contributed by atoms with van der Waals surface area (Å²) in [6.07, 6.45) is 0.717. The van der Waals surface area contributed by atoms with Crippen LogP contribution in [0.1, 0.15) is 0 Å². The first kappa shape index (κ1) is 15.0. The summed E-state index contributed by atoms with van der Waals surface area (Å²) in [7, 11) is 0. The van der Waals surface area contributed by atoms with Gasteiger partial charge in [-0.05, 0) is 0 Å². The van der Waals surface area contributed by atoms with Crippen LogP contribution in [0.15, 0.2) is 0 Å². The SMILES string of the molecule is O=CC(Br)(Br)C(Br)(Br)C(Br)(Br)Br. The van der Waals surface area contributed by atoms with Gasteiger partial charge in [0.25, 0.3) is 0 Å². The van der Waals surface area contributed by atoms with E-state index in [4.69, 9.17) is 0 Å². The van der Waals surface area contributed by atoms with E-state index in [0.717, 1.165) is 6.29 Å². The maximum Gasteiger partial charge on any atom is 0.163 e. The Balaban J connectivity index is 4.97. The molecule has 0 aromatic heterocycles. The minimum atomic E-state index is -0.941.